The Morgan fingerprint density at radius 1 is 1.12 bits per heavy atom. The molecular weight excluding hydrogens is 398 g/mol. The van der Waals surface area contributed by atoms with E-state index in [4.69, 9.17) is 0 Å². The molecule has 5 atom stereocenters. The summed E-state index contributed by atoms with van der Waals surface area (Å²) >= 11 is 0. The number of hydrogen-bond acceptors (Lipinski definition) is 4. The molecule has 0 aromatic heterocycles. The summed E-state index contributed by atoms with van der Waals surface area (Å²) in [6.45, 7) is 2.47. The van der Waals surface area contributed by atoms with Gasteiger partial charge in [-0.2, -0.15) is 0 Å². The molecule has 2 saturated carbocycles. The molecule has 3 N–H and O–H groups in total. The lowest BCUT2D eigenvalue weighted by molar-refractivity contribution is -0.114. The minimum Gasteiger partial charge on any atom is -0.396 e. The molecule has 5 rings (SSSR count). The second-order valence-corrected chi connectivity index (χ2v) is 10.8. The fourth-order valence-corrected chi connectivity index (χ4v) is 7.72. The van der Waals surface area contributed by atoms with Crippen LogP contribution >= 0.6 is 0 Å². The molecule has 0 spiro atoms. The average Bonchev–Trinajstić information content (AvgIpc) is 3.07. The van der Waals surface area contributed by atoms with Gasteiger partial charge in [-0.1, -0.05) is 24.6 Å². The SMILES string of the molecule is CNc1ccc([C@H]2C[C@]3(C)[C@@H](CC[C@]3(O)CCCO)C3CCC4=CC(=O)CCC4=C32)cc1. The Morgan fingerprint density at radius 3 is 2.62 bits per heavy atom. The number of allylic oxidation sites excluding steroid dienone is 4. The zero-order chi connectivity index (χ0) is 22.5. The number of carbonyl (C=O) groups excluding carboxylic acids is 1. The molecule has 4 aliphatic rings. The van der Waals surface area contributed by atoms with E-state index in [2.05, 4.69) is 36.5 Å². The average molecular weight is 436 g/mol. The Kier molecular flexibility index (Phi) is 5.58. The first kappa shape index (κ1) is 21.9. The maximum Gasteiger partial charge on any atom is 0.156 e. The lowest BCUT2D eigenvalue weighted by Crippen LogP contribution is -2.51. The summed E-state index contributed by atoms with van der Waals surface area (Å²) in [6.07, 6.45) is 9.67. The number of hydrogen-bond donors (Lipinski definition) is 3. The molecule has 1 aromatic carbocycles. The summed E-state index contributed by atoms with van der Waals surface area (Å²) in [5.74, 6) is 1.50. The molecule has 4 heteroatoms. The first-order chi connectivity index (χ1) is 15.4. The zero-order valence-electron chi connectivity index (χ0n) is 19.5. The highest BCUT2D eigenvalue weighted by Gasteiger charge is 2.62. The standard InChI is InChI=1S/C28H37NO3/c1-27-17-24(18-4-7-20(29-2)8-5-18)26-22-11-9-21(31)16-19(22)6-10-23(26)25(27)12-14-28(27,32)13-3-15-30/h4-5,7-8,16,23-25,29-30,32H,3,6,9-15,17H2,1-2H3/t23?,24-,25+,27-,28-/m1/s1. The monoisotopic (exact) mass is 435 g/mol. The van der Waals surface area contributed by atoms with Crippen LogP contribution in [0.5, 0.6) is 0 Å². The van der Waals surface area contributed by atoms with Crippen LogP contribution in [0.4, 0.5) is 5.69 Å². The topological polar surface area (TPSA) is 69.6 Å². The van der Waals surface area contributed by atoms with Crippen molar-refractivity contribution in [3.8, 4) is 0 Å². The van der Waals surface area contributed by atoms with Gasteiger partial charge < -0.3 is 15.5 Å². The summed E-state index contributed by atoms with van der Waals surface area (Å²) < 4.78 is 0. The minimum absolute atomic E-state index is 0.138. The Labute approximate surface area is 191 Å². The van der Waals surface area contributed by atoms with Gasteiger partial charge in [-0.15, -0.1) is 0 Å². The van der Waals surface area contributed by atoms with Gasteiger partial charge in [-0.3, -0.25) is 4.79 Å². The fourth-order valence-electron chi connectivity index (χ4n) is 7.72. The van der Waals surface area contributed by atoms with E-state index in [1.807, 2.05) is 13.1 Å². The summed E-state index contributed by atoms with van der Waals surface area (Å²) in [5.41, 5.74) is 5.87. The van der Waals surface area contributed by atoms with Crippen LogP contribution in [-0.2, 0) is 4.79 Å². The predicted octanol–water partition coefficient (Wildman–Crippen LogP) is 5.13. The first-order valence-corrected chi connectivity index (χ1v) is 12.5. The van der Waals surface area contributed by atoms with E-state index in [9.17, 15) is 15.0 Å². The summed E-state index contributed by atoms with van der Waals surface area (Å²) in [7, 11) is 1.94. The second kappa shape index (κ2) is 8.14. The Hall–Kier alpha value is -1.91. The Morgan fingerprint density at radius 2 is 1.91 bits per heavy atom. The molecule has 0 bridgehead atoms. The maximum atomic E-state index is 12.2. The number of nitrogens with one attached hydrogen (secondary N) is 1. The zero-order valence-corrected chi connectivity index (χ0v) is 19.5. The summed E-state index contributed by atoms with van der Waals surface area (Å²) in [5, 5.41) is 24.6. The molecule has 4 nitrogen and oxygen atoms in total. The van der Waals surface area contributed by atoms with Crippen molar-refractivity contribution in [3.05, 3.63) is 52.6 Å². The van der Waals surface area contributed by atoms with Crippen LogP contribution in [0.25, 0.3) is 0 Å². The second-order valence-electron chi connectivity index (χ2n) is 10.8. The normalized spacial score (nSPS) is 36.3. The largest absolute Gasteiger partial charge is 0.396 e. The van der Waals surface area contributed by atoms with Crippen molar-refractivity contribution in [2.45, 2.75) is 76.2 Å². The molecule has 4 aliphatic carbocycles. The molecule has 0 heterocycles. The van der Waals surface area contributed by atoms with E-state index in [0.717, 1.165) is 44.2 Å². The molecular formula is C28H37NO3. The molecule has 1 unspecified atom stereocenters. The van der Waals surface area contributed by atoms with Crippen molar-refractivity contribution in [1.29, 1.82) is 0 Å². The third-order valence-electron chi connectivity index (χ3n) is 9.41. The van der Waals surface area contributed by atoms with Crippen LogP contribution in [0.1, 0.15) is 76.2 Å². The van der Waals surface area contributed by atoms with Gasteiger partial charge in [-0.05, 0) is 98.1 Å². The van der Waals surface area contributed by atoms with Crippen molar-refractivity contribution < 1.29 is 15.0 Å². The number of benzene rings is 1. The number of fused-ring (bicyclic) bond motifs is 4. The molecule has 32 heavy (non-hydrogen) atoms. The van der Waals surface area contributed by atoms with E-state index in [1.54, 1.807) is 5.57 Å². The van der Waals surface area contributed by atoms with E-state index in [1.165, 1.54) is 16.7 Å². The predicted molar refractivity (Wildman–Crippen MR) is 128 cm³/mol. The fraction of sp³-hybridized carbons (Fsp3) is 0.607. The molecule has 1 aromatic rings. The van der Waals surface area contributed by atoms with Gasteiger partial charge in [0.05, 0.1) is 5.60 Å². The van der Waals surface area contributed by atoms with Crippen molar-refractivity contribution in [2.75, 3.05) is 19.0 Å². The van der Waals surface area contributed by atoms with Crippen molar-refractivity contribution in [2.24, 2.45) is 17.3 Å². The van der Waals surface area contributed by atoms with Crippen LogP contribution in [0.3, 0.4) is 0 Å². The van der Waals surface area contributed by atoms with Gasteiger partial charge in [0, 0.05) is 37.1 Å². The number of aliphatic hydroxyl groups is 2. The van der Waals surface area contributed by atoms with Gasteiger partial charge in [0.15, 0.2) is 5.78 Å². The number of ketones is 1. The number of carbonyl (C=O) groups is 1. The van der Waals surface area contributed by atoms with Crippen LogP contribution in [0.15, 0.2) is 47.1 Å². The highest BCUT2D eigenvalue weighted by atomic mass is 16.3. The van der Waals surface area contributed by atoms with Gasteiger partial charge in [0.1, 0.15) is 0 Å². The van der Waals surface area contributed by atoms with E-state index in [-0.39, 0.29) is 23.7 Å². The van der Waals surface area contributed by atoms with Gasteiger partial charge in [0.25, 0.3) is 0 Å². The molecule has 0 aliphatic heterocycles. The van der Waals surface area contributed by atoms with Crippen molar-refractivity contribution in [1.82, 2.24) is 0 Å². The van der Waals surface area contributed by atoms with Crippen molar-refractivity contribution in [3.63, 3.8) is 0 Å². The summed E-state index contributed by atoms with van der Waals surface area (Å²) in [4.78, 5) is 12.2. The maximum absolute atomic E-state index is 12.2. The molecule has 2 fully saturated rings. The van der Waals surface area contributed by atoms with Crippen LogP contribution in [0, 0.1) is 17.3 Å². The molecule has 0 radical (unpaired) electrons. The van der Waals surface area contributed by atoms with Crippen LogP contribution in [0.2, 0.25) is 0 Å². The minimum atomic E-state index is -0.710. The highest BCUT2D eigenvalue weighted by Crippen LogP contribution is 2.67. The number of aliphatic hydroxyl groups excluding tert-OH is 1. The third-order valence-corrected chi connectivity index (χ3v) is 9.41. The van der Waals surface area contributed by atoms with Crippen LogP contribution < -0.4 is 5.32 Å². The first-order valence-electron chi connectivity index (χ1n) is 12.5. The lowest BCUT2D eigenvalue weighted by Gasteiger charge is -2.55. The van der Waals surface area contributed by atoms with Gasteiger partial charge in [-0.25, -0.2) is 0 Å². The number of anilines is 1. The molecule has 0 amide bonds. The quantitative estimate of drug-likeness (QED) is 0.600. The van der Waals surface area contributed by atoms with E-state index < -0.39 is 5.60 Å². The Balaban J connectivity index is 1.63. The van der Waals surface area contributed by atoms with E-state index in [0.29, 0.717) is 31.1 Å². The van der Waals surface area contributed by atoms with E-state index >= 15 is 0 Å². The number of rotatable bonds is 5. The lowest BCUT2D eigenvalue weighted by atomic mass is 9.51. The van der Waals surface area contributed by atoms with Crippen LogP contribution in [-0.4, -0.2) is 35.3 Å². The highest BCUT2D eigenvalue weighted by molar-refractivity contribution is 5.93. The van der Waals surface area contributed by atoms with Crippen molar-refractivity contribution >= 4 is 11.5 Å². The Bertz CT molecular complexity index is 961. The smallest absolute Gasteiger partial charge is 0.156 e. The van der Waals surface area contributed by atoms with Gasteiger partial charge >= 0.3 is 0 Å². The third kappa shape index (κ3) is 3.30. The molecule has 172 valence electrons. The van der Waals surface area contributed by atoms with Gasteiger partial charge in [0.2, 0.25) is 0 Å². The summed E-state index contributed by atoms with van der Waals surface area (Å²) in [6, 6.07) is 8.80. The molecule has 0 saturated heterocycles.